The summed E-state index contributed by atoms with van der Waals surface area (Å²) in [6.07, 6.45) is 2.17. The van der Waals surface area contributed by atoms with Crippen molar-refractivity contribution < 1.29 is 34.0 Å². The summed E-state index contributed by atoms with van der Waals surface area (Å²) >= 11 is 0. The van der Waals surface area contributed by atoms with Gasteiger partial charge in [-0.2, -0.15) is 0 Å². The van der Waals surface area contributed by atoms with E-state index in [-0.39, 0.29) is 41.9 Å². The molecule has 5 aliphatic carbocycles. The second kappa shape index (κ2) is 8.39. The molecule has 5 saturated carbocycles. The van der Waals surface area contributed by atoms with Crippen LogP contribution in [0.1, 0.15) is 49.4 Å². The predicted molar refractivity (Wildman–Crippen MR) is 142 cm³/mol. The van der Waals surface area contributed by atoms with Crippen LogP contribution in [-0.2, 0) is 18.9 Å². The highest BCUT2D eigenvalue weighted by molar-refractivity contribution is 5.95. The van der Waals surface area contributed by atoms with E-state index in [9.17, 15) is 15.0 Å². The number of likely N-dealkylation sites (tertiary alicyclic amines) is 1. The minimum Gasteiger partial charge on any atom is -0.454 e. The van der Waals surface area contributed by atoms with Gasteiger partial charge in [-0.15, -0.1) is 0 Å². The average Bonchev–Trinajstić information content (AvgIpc) is 3.35. The van der Waals surface area contributed by atoms with E-state index in [2.05, 4.69) is 11.8 Å². The van der Waals surface area contributed by atoms with Crippen LogP contribution < -0.4 is 5.73 Å². The maximum absolute atomic E-state index is 13.7. The third-order valence-corrected chi connectivity index (χ3v) is 12.4. The first-order chi connectivity index (χ1) is 18.7. The molecule has 9 nitrogen and oxygen atoms in total. The largest absolute Gasteiger partial charge is 0.454 e. The van der Waals surface area contributed by atoms with E-state index in [1.807, 2.05) is 6.07 Å². The van der Waals surface area contributed by atoms with Gasteiger partial charge in [0.2, 0.25) is 0 Å². The lowest BCUT2D eigenvalue weighted by Gasteiger charge is -2.70. The standard InChI is InChI=1S/C30H42N2O7/c1-5-32-15-27(39-26(33)16-8-6-7-9-19(16)31)11-10-23(37-3)29-21(27)13-18(24(29)32)28(34)14-20(36-2)17-12-22(29)30(28,35)25(17)38-4/h6-9,17-18,20-25,34-35H,5,10-15,31H2,1-4H3/t17-,18-,20-,21+,22-,23-,24-,25+,27-,28+,29-,30-/m0/s1. The number of fused-ring (bicyclic) bond motifs is 2. The summed E-state index contributed by atoms with van der Waals surface area (Å²) in [4.78, 5) is 16.1. The Bertz CT molecular complexity index is 1180. The number of hydrogen-bond acceptors (Lipinski definition) is 9. The zero-order chi connectivity index (χ0) is 27.5. The van der Waals surface area contributed by atoms with Crippen molar-refractivity contribution in [3.8, 4) is 0 Å². The van der Waals surface area contributed by atoms with Gasteiger partial charge in [0.15, 0.2) is 0 Å². The van der Waals surface area contributed by atoms with E-state index in [1.54, 1.807) is 39.5 Å². The van der Waals surface area contributed by atoms with Crippen molar-refractivity contribution in [1.82, 2.24) is 4.90 Å². The lowest BCUT2D eigenvalue weighted by Crippen LogP contribution is -2.83. The van der Waals surface area contributed by atoms with Gasteiger partial charge in [0.25, 0.3) is 0 Å². The number of carbonyl (C=O) groups is 1. The zero-order valence-corrected chi connectivity index (χ0v) is 23.3. The van der Waals surface area contributed by atoms with Gasteiger partial charge in [0.05, 0.1) is 23.9 Å². The molecular weight excluding hydrogens is 500 g/mol. The molecule has 1 aliphatic heterocycles. The minimum absolute atomic E-state index is 0.00601. The Labute approximate surface area is 229 Å². The zero-order valence-electron chi connectivity index (χ0n) is 23.3. The number of nitrogens with two attached hydrogens (primary N) is 1. The second-order valence-corrected chi connectivity index (χ2v) is 13.0. The number of piperidine rings is 1. The van der Waals surface area contributed by atoms with Crippen LogP contribution in [0.3, 0.4) is 0 Å². The highest BCUT2D eigenvalue weighted by atomic mass is 16.6. The number of anilines is 1. The Balaban J connectivity index is 1.42. The van der Waals surface area contributed by atoms with Crippen LogP contribution in [-0.4, -0.2) is 96.7 Å². The predicted octanol–water partition coefficient (Wildman–Crippen LogP) is 1.85. The quantitative estimate of drug-likeness (QED) is 0.365. The number of para-hydroxylation sites is 1. The van der Waals surface area contributed by atoms with Gasteiger partial charge in [-0.1, -0.05) is 19.1 Å². The van der Waals surface area contributed by atoms with Crippen LogP contribution >= 0.6 is 0 Å². The van der Waals surface area contributed by atoms with Gasteiger partial charge in [0, 0.05) is 75.1 Å². The molecule has 7 rings (SSSR count). The number of benzene rings is 1. The van der Waals surface area contributed by atoms with Crippen LogP contribution in [0.5, 0.6) is 0 Å². The van der Waals surface area contributed by atoms with E-state index < -0.39 is 34.3 Å². The Hall–Kier alpha value is -1.75. The number of likely N-dealkylation sites (N-methyl/N-ethyl adjacent to an activating group) is 1. The Kier molecular flexibility index (Phi) is 5.63. The summed E-state index contributed by atoms with van der Waals surface area (Å²) < 4.78 is 24.9. The van der Waals surface area contributed by atoms with E-state index >= 15 is 0 Å². The van der Waals surface area contributed by atoms with Crippen LogP contribution in [0.25, 0.3) is 0 Å². The molecule has 1 heterocycles. The molecule has 1 aromatic carbocycles. The topological polar surface area (TPSA) is 124 Å². The summed E-state index contributed by atoms with van der Waals surface area (Å²) in [6, 6.07) is 7.04. The monoisotopic (exact) mass is 542 g/mol. The third-order valence-electron chi connectivity index (χ3n) is 12.4. The fraction of sp³-hybridized carbons (Fsp3) is 0.767. The van der Waals surface area contributed by atoms with Crippen LogP contribution in [0, 0.1) is 29.1 Å². The number of nitrogens with zero attached hydrogens (tertiary/aromatic N) is 1. The Morgan fingerprint density at radius 1 is 1.10 bits per heavy atom. The molecule has 0 aromatic heterocycles. The molecule has 0 amide bonds. The van der Waals surface area contributed by atoms with E-state index in [0.29, 0.717) is 49.9 Å². The minimum atomic E-state index is -1.44. The Morgan fingerprint density at radius 2 is 1.87 bits per heavy atom. The number of methoxy groups -OCH3 is 3. The number of nitrogen functional groups attached to an aromatic ring is 1. The Morgan fingerprint density at radius 3 is 2.54 bits per heavy atom. The number of esters is 1. The first kappa shape index (κ1) is 26.2. The highest BCUT2D eigenvalue weighted by Crippen LogP contribution is 2.79. The van der Waals surface area contributed by atoms with E-state index in [4.69, 9.17) is 24.7 Å². The maximum Gasteiger partial charge on any atom is 0.340 e. The first-order valence-corrected chi connectivity index (χ1v) is 14.5. The van der Waals surface area contributed by atoms with Crippen molar-refractivity contribution in [1.29, 1.82) is 0 Å². The van der Waals surface area contributed by atoms with Gasteiger partial charge in [-0.25, -0.2) is 4.79 Å². The molecule has 6 fully saturated rings. The number of aliphatic hydroxyl groups is 2. The van der Waals surface area contributed by atoms with Crippen molar-refractivity contribution in [2.24, 2.45) is 29.1 Å². The summed E-state index contributed by atoms with van der Waals surface area (Å²) in [6.45, 7) is 3.47. The normalized spacial score (nSPS) is 51.1. The molecule has 39 heavy (non-hydrogen) atoms. The molecule has 1 saturated heterocycles. The summed E-state index contributed by atoms with van der Waals surface area (Å²) in [5.41, 5.74) is 2.84. The molecule has 0 radical (unpaired) electrons. The van der Waals surface area contributed by atoms with Gasteiger partial charge in [0.1, 0.15) is 16.8 Å². The van der Waals surface area contributed by atoms with Crippen molar-refractivity contribution in [3.63, 3.8) is 0 Å². The fourth-order valence-electron chi connectivity index (χ4n) is 11.3. The van der Waals surface area contributed by atoms with Gasteiger partial charge in [-0.3, -0.25) is 4.90 Å². The number of ether oxygens (including phenoxy) is 4. The molecule has 214 valence electrons. The molecule has 1 aromatic rings. The lowest BCUT2D eigenvalue weighted by molar-refractivity contribution is -0.337. The SMILES string of the molecule is CCN1C[C@@]2(OC(=O)c3ccccc3N)CC[C@H](OC)[C@]34[C@@H]1[C@H](C[C@H]23)[C@]1(O)C[C@H](OC)[C@@H]2C[C@@H]4[C@]1(O)[C@@H]2OC. The second-order valence-electron chi connectivity index (χ2n) is 13.0. The number of hydrogen-bond donors (Lipinski definition) is 3. The summed E-state index contributed by atoms with van der Waals surface area (Å²) in [5.74, 6) is -1.06. The van der Waals surface area contributed by atoms with Crippen molar-refractivity contribution in [3.05, 3.63) is 29.8 Å². The van der Waals surface area contributed by atoms with Crippen molar-refractivity contribution >= 4 is 11.7 Å². The maximum atomic E-state index is 13.7. The number of rotatable bonds is 6. The molecular formula is C30H42N2O7. The lowest BCUT2D eigenvalue weighted by atomic mass is 9.44. The van der Waals surface area contributed by atoms with Gasteiger partial charge < -0.3 is 34.9 Å². The summed E-state index contributed by atoms with van der Waals surface area (Å²) in [5, 5.41) is 25.6. The van der Waals surface area contributed by atoms with E-state index in [1.165, 1.54) is 0 Å². The van der Waals surface area contributed by atoms with Crippen LogP contribution in [0.15, 0.2) is 24.3 Å². The van der Waals surface area contributed by atoms with Crippen molar-refractivity contribution in [2.75, 3.05) is 40.2 Å². The molecule has 9 heteroatoms. The molecule has 7 bridgehead atoms. The van der Waals surface area contributed by atoms with Crippen LogP contribution in [0.4, 0.5) is 5.69 Å². The smallest absolute Gasteiger partial charge is 0.340 e. The number of carbonyl (C=O) groups excluding carboxylic acids is 1. The molecule has 1 spiro atoms. The fourth-order valence-corrected chi connectivity index (χ4v) is 11.3. The van der Waals surface area contributed by atoms with Crippen molar-refractivity contribution in [2.45, 2.75) is 80.2 Å². The first-order valence-electron chi connectivity index (χ1n) is 14.5. The molecule has 4 N–H and O–H groups in total. The highest BCUT2D eigenvalue weighted by Gasteiger charge is 2.89. The molecule has 6 aliphatic rings. The molecule has 0 unspecified atom stereocenters. The van der Waals surface area contributed by atoms with Gasteiger partial charge >= 0.3 is 5.97 Å². The summed E-state index contributed by atoms with van der Waals surface area (Å²) in [7, 11) is 5.09. The van der Waals surface area contributed by atoms with Gasteiger partial charge in [-0.05, 0) is 44.4 Å². The third kappa shape index (κ3) is 2.80. The van der Waals surface area contributed by atoms with E-state index in [0.717, 1.165) is 6.54 Å². The van der Waals surface area contributed by atoms with Crippen LogP contribution in [0.2, 0.25) is 0 Å². The average molecular weight is 543 g/mol. The molecule has 12 atom stereocenters.